The predicted molar refractivity (Wildman–Crippen MR) is 122 cm³/mol. The highest BCUT2D eigenvalue weighted by molar-refractivity contribution is 6.02. The summed E-state index contributed by atoms with van der Waals surface area (Å²) < 4.78 is 5.10. The van der Waals surface area contributed by atoms with Crippen LogP contribution in [0.3, 0.4) is 0 Å². The summed E-state index contributed by atoms with van der Waals surface area (Å²) in [5.41, 5.74) is 2.91. The zero-order chi connectivity index (χ0) is 21.8. The first kappa shape index (κ1) is 21.3. The number of likely N-dealkylation sites (N-methyl/N-ethyl adjacent to an activating group) is 2. The lowest BCUT2D eigenvalue weighted by Gasteiger charge is -2.34. The Morgan fingerprint density at radius 1 is 0.581 bits per heavy atom. The van der Waals surface area contributed by atoms with Crippen LogP contribution in [-0.4, -0.2) is 88.2 Å². The zero-order valence-electron chi connectivity index (χ0n) is 18.3. The maximum atomic E-state index is 12.4. The van der Waals surface area contributed by atoms with Gasteiger partial charge in [-0.15, -0.1) is 0 Å². The van der Waals surface area contributed by atoms with E-state index in [0.717, 1.165) is 63.7 Å². The van der Waals surface area contributed by atoms with Gasteiger partial charge in [0.15, 0.2) is 0 Å². The van der Waals surface area contributed by atoms with E-state index in [-0.39, 0.29) is 0 Å². The number of carbonyl (C=O) groups excluding carboxylic acids is 2. The second-order valence-electron chi connectivity index (χ2n) is 8.35. The number of carbonyl (C=O) groups is 2. The number of anilines is 2. The van der Waals surface area contributed by atoms with Gasteiger partial charge in [0, 0.05) is 63.7 Å². The van der Waals surface area contributed by atoms with Gasteiger partial charge in [-0.25, -0.2) is 9.59 Å². The fraction of sp³-hybridized carbons (Fsp3) is 0.417. The number of esters is 2. The van der Waals surface area contributed by atoms with E-state index in [1.54, 1.807) is 24.3 Å². The Bertz CT molecular complexity index is 822. The Morgan fingerprint density at radius 3 is 1.23 bits per heavy atom. The molecule has 4 rings (SSSR count). The van der Waals surface area contributed by atoms with Gasteiger partial charge in [0.05, 0.1) is 11.1 Å². The van der Waals surface area contributed by atoms with Crippen LogP contribution < -0.4 is 9.80 Å². The number of ether oxygens (including phenoxy) is 1. The predicted octanol–water partition coefficient (Wildman–Crippen LogP) is 2.19. The van der Waals surface area contributed by atoms with Crippen LogP contribution >= 0.6 is 0 Å². The van der Waals surface area contributed by atoms with E-state index in [4.69, 9.17) is 4.74 Å². The van der Waals surface area contributed by atoms with E-state index in [9.17, 15) is 9.59 Å². The summed E-state index contributed by atoms with van der Waals surface area (Å²) in [6.45, 7) is 7.92. The highest BCUT2D eigenvalue weighted by Gasteiger charge is 2.19. The van der Waals surface area contributed by atoms with E-state index in [1.165, 1.54) is 0 Å². The molecule has 0 radical (unpaired) electrons. The maximum absolute atomic E-state index is 12.4. The molecule has 2 fully saturated rings. The fourth-order valence-corrected chi connectivity index (χ4v) is 3.95. The van der Waals surface area contributed by atoms with Crippen LogP contribution in [0.1, 0.15) is 20.7 Å². The Balaban J connectivity index is 1.33. The molecule has 0 atom stereocenters. The van der Waals surface area contributed by atoms with Gasteiger partial charge in [-0.05, 0) is 62.6 Å². The summed E-state index contributed by atoms with van der Waals surface area (Å²) in [5.74, 6) is -1.25. The van der Waals surface area contributed by atoms with Crippen LogP contribution in [-0.2, 0) is 4.74 Å². The van der Waals surface area contributed by atoms with Crippen molar-refractivity contribution in [2.75, 3.05) is 76.3 Å². The Kier molecular flexibility index (Phi) is 6.53. The fourth-order valence-electron chi connectivity index (χ4n) is 3.95. The third-order valence-electron chi connectivity index (χ3n) is 6.13. The summed E-state index contributed by atoms with van der Waals surface area (Å²) in [5, 5.41) is 0. The van der Waals surface area contributed by atoms with Crippen molar-refractivity contribution in [1.29, 1.82) is 0 Å². The lowest BCUT2D eigenvalue weighted by Crippen LogP contribution is -2.44. The molecule has 7 nitrogen and oxygen atoms in total. The molecule has 2 aromatic carbocycles. The van der Waals surface area contributed by atoms with Crippen LogP contribution in [0, 0.1) is 0 Å². The van der Waals surface area contributed by atoms with E-state index in [1.807, 2.05) is 24.3 Å². The molecule has 2 heterocycles. The third kappa shape index (κ3) is 5.24. The van der Waals surface area contributed by atoms with Gasteiger partial charge in [0.2, 0.25) is 0 Å². The van der Waals surface area contributed by atoms with Crippen LogP contribution in [0.25, 0.3) is 0 Å². The molecule has 0 N–H and O–H groups in total. The minimum Gasteiger partial charge on any atom is -0.386 e. The summed E-state index contributed by atoms with van der Waals surface area (Å²) in [6.07, 6.45) is 0. The van der Waals surface area contributed by atoms with Crippen LogP contribution in [0.4, 0.5) is 11.4 Å². The van der Waals surface area contributed by atoms with Gasteiger partial charge >= 0.3 is 11.9 Å². The van der Waals surface area contributed by atoms with E-state index in [0.29, 0.717) is 11.1 Å². The summed E-state index contributed by atoms with van der Waals surface area (Å²) in [4.78, 5) is 34.0. The average Bonchev–Trinajstić information content (AvgIpc) is 2.80. The first-order valence-electron chi connectivity index (χ1n) is 10.8. The van der Waals surface area contributed by atoms with Crippen LogP contribution in [0.2, 0.25) is 0 Å². The second-order valence-corrected chi connectivity index (χ2v) is 8.35. The molecule has 164 valence electrons. The molecule has 31 heavy (non-hydrogen) atoms. The first-order chi connectivity index (χ1) is 15.0. The van der Waals surface area contributed by atoms with Crippen molar-refractivity contribution in [3.05, 3.63) is 59.7 Å². The average molecular weight is 423 g/mol. The van der Waals surface area contributed by atoms with Gasteiger partial charge in [0.1, 0.15) is 0 Å². The van der Waals surface area contributed by atoms with Crippen LogP contribution in [0.5, 0.6) is 0 Å². The second kappa shape index (κ2) is 9.49. The van der Waals surface area contributed by atoms with Gasteiger partial charge in [-0.2, -0.15) is 0 Å². The number of nitrogens with zero attached hydrogens (tertiary/aromatic N) is 4. The Morgan fingerprint density at radius 2 is 0.903 bits per heavy atom. The molecule has 0 aromatic heterocycles. The lowest BCUT2D eigenvalue weighted by molar-refractivity contribution is 0.0398. The van der Waals surface area contributed by atoms with Gasteiger partial charge in [0.25, 0.3) is 0 Å². The smallest absolute Gasteiger partial charge is 0.346 e. The highest BCUT2D eigenvalue weighted by atomic mass is 16.6. The standard InChI is InChI=1S/C24H30N4O3/c1-25-11-15-27(16-12-25)21-7-3-19(4-8-21)23(29)31-24(30)20-5-9-22(10-6-20)28-17-13-26(2)14-18-28/h3-10H,11-18H2,1-2H3. The summed E-state index contributed by atoms with van der Waals surface area (Å²) >= 11 is 0. The molecular formula is C24H30N4O3. The number of hydrogen-bond donors (Lipinski definition) is 0. The third-order valence-corrected chi connectivity index (χ3v) is 6.13. The van der Waals surface area contributed by atoms with Crippen molar-refractivity contribution >= 4 is 23.3 Å². The topological polar surface area (TPSA) is 56.3 Å². The molecule has 0 spiro atoms. The minimum absolute atomic E-state index is 0.375. The monoisotopic (exact) mass is 422 g/mol. The van der Waals surface area contributed by atoms with E-state index >= 15 is 0 Å². The molecule has 0 amide bonds. The molecule has 2 saturated heterocycles. The molecule has 0 saturated carbocycles. The summed E-state index contributed by atoms with van der Waals surface area (Å²) in [7, 11) is 4.24. The van der Waals surface area contributed by atoms with Crippen molar-refractivity contribution in [2.24, 2.45) is 0 Å². The zero-order valence-corrected chi connectivity index (χ0v) is 18.3. The first-order valence-corrected chi connectivity index (χ1v) is 10.8. The number of piperazine rings is 2. The summed E-state index contributed by atoms with van der Waals surface area (Å²) in [6, 6.07) is 14.5. The highest BCUT2D eigenvalue weighted by Crippen LogP contribution is 2.19. The number of rotatable bonds is 4. The Hall–Kier alpha value is -2.90. The van der Waals surface area contributed by atoms with E-state index in [2.05, 4.69) is 33.7 Å². The molecule has 0 bridgehead atoms. The van der Waals surface area contributed by atoms with Crippen molar-refractivity contribution in [1.82, 2.24) is 9.80 Å². The van der Waals surface area contributed by atoms with Crippen molar-refractivity contribution < 1.29 is 14.3 Å². The molecule has 7 heteroatoms. The van der Waals surface area contributed by atoms with Gasteiger partial charge in [-0.3, -0.25) is 0 Å². The quantitative estimate of drug-likeness (QED) is 0.553. The van der Waals surface area contributed by atoms with Crippen molar-refractivity contribution in [3.8, 4) is 0 Å². The SMILES string of the molecule is CN1CCN(c2ccc(C(=O)OC(=O)c3ccc(N4CCN(C)CC4)cc3)cc2)CC1. The van der Waals surface area contributed by atoms with Gasteiger partial charge < -0.3 is 24.3 Å². The largest absolute Gasteiger partial charge is 0.386 e. The molecule has 2 aliphatic rings. The molecule has 0 unspecified atom stereocenters. The van der Waals surface area contributed by atoms with Gasteiger partial charge in [-0.1, -0.05) is 0 Å². The van der Waals surface area contributed by atoms with E-state index < -0.39 is 11.9 Å². The molecule has 2 aliphatic heterocycles. The lowest BCUT2D eigenvalue weighted by atomic mass is 10.1. The van der Waals surface area contributed by atoms with Crippen molar-refractivity contribution in [2.45, 2.75) is 0 Å². The maximum Gasteiger partial charge on any atom is 0.346 e. The molecule has 0 aliphatic carbocycles. The minimum atomic E-state index is -0.627. The number of benzene rings is 2. The number of hydrogen-bond acceptors (Lipinski definition) is 7. The normalized spacial score (nSPS) is 18.1. The Labute approximate surface area is 183 Å². The van der Waals surface area contributed by atoms with Crippen LogP contribution in [0.15, 0.2) is 48.5 Å². The molecular weight excluding hydrogens is 392 g/mol. The van der Waals surface area contributed by atoms with Crippen molar-refractivity contribution in [3.63, 3.8) is 0 Å². The molecule has 2 aromatic rings.